The molecule has 0 bridgehead atoms. The highest BCUT2D eigenvalue weighted by molar-refractivity contribution is 5.86. The summed E-state index contributed by atoms with van der Waals surface area (Å²) in [5.41, 5.74) is 16.5. The Morgan fingerprint density at radius 1 is 0.623 bits per heavy atom. The maximum Gasteiger partial charge on any atom is 0.227 e. The summed E-state index contributed by atoms with van der Waals surface area (Å²) in [6.07, 6.45) is 8.87. The molecule has 266 valence electrons. The van der Waals surface area contributed by atoms with Crippen molar-refractivity contribution in [3.8, 4) is 34.3 Å². The van der Waals surface area contributed by atoms with Crippen LogP contribution >= 0.6 is 0 Å². The number of anilines is 1. The smallest absolute Gasteiger partial charge is 0.227 e. The van der Waals surface area contributed by atoms with Gasteiger partial charge in [0.1, 0.15) is 16.9 Å². The number of nitrogens with zero attached hydrogens (tertiary/aromatic N) is 5. The standard InChI is InChI=1S/C24H20N4O2.C19H20N2O2/c1-2-6-22-19(5-1)27-24(30-22)16-7-8-21-20(14-16)26-23(17-4-3-11-25-15-17)28(21)18-9-12-29-13-10-18;20-16-12-15(19-21-17-3-1-2-4-18(17)23-19)6-5-14(16)11-13-7-9-22-10-8-13/h1-8,11,14-15,18H,9-10,12-13H2;1-6,12-13H,7-11,20H2. The zero-order valence-electron chi connectivity index (χ0n) is 29.4. The lowest BCUT2D eigenvalue weighted by atomic mass is 9.91. The Kier molecular flexibility index (Phi) is 9.13. The highest BCUT2D eigenvalue weighted by Crippen LogP contribution is 2.35. The highest BCUT2D eigenvalue weighted by Gasteiger charge is 2.24. The number of rotatable bonds is 6. The molecule has 2 N–H and O–H groups in total. The van der Waals surface area contributed by atoms with E-state index in [0.29, 0.717) is 23.7 Å². The first-order chi connectivity index (χ1) is 26.2. The Labute approximate surface area is 306 Å². The third-order valence-electron chi connectivity index (χ3n) is 10.2. The molecule has 10 heteroatoms. The molecular formula is C43H40N6O4. The van der Waals surface area contributed by atoms with Gasteiger partial charge < -0.3 is 28.6 Å². The summed E-state index contributed by atoms with van der Waals surface area (Å²) in [5, 5.41) is 0. The number of benzene rings is 4. The number of ether oxygens (including phenoxy) is 2. The van der Waals surface area contributed by atoms with Gasteiger partial charge in [0, 0.05) is 67.2 Å². The largest absolute Gasteiger partial charge is 0.436 e. The van der Waals surface area contributed by atoms with Crippen LogP contribution in [-0.2, 0) is 15.9 Å². The van der Waals surface area contributed by atoms with Gasteiger partial charge in [0.15, 0.2) is 11.2 Å². The zero-order valence-corrected chi connectivity index (χ0v) is 29.4. The van der Waals surface area contributed by atoms with E-state index in [9.17, 15) is 0 Å². The van der Waals surface area contributed by atoms with Crippen molar-refractivity contribution in [2.45, 2.75) is 38.1 Å². The van der Waals surface area contributed by atoms with E-state index >= 15 is 0 Å². The van der Waals surface area contributed by atoms with E-state index in [1.165, 1.54) is 5.56 Å². The molecule has 53 heavy (non-hydrogen) atoms. The molecule has 2 saturated heterocycles. The number of para-hydroxylation sites is 4. The summed E-state index contributed by atoms with van der Waals surface area (Å²) >= 11 is 0. The number of hydrogen-bond donors (Lipinski definition) is 1. The molecule has 0 aliphatic carbocycles. The number of pyridine rings is 1. The Balaban J connectivity index is 0.000000146. The number of nitrogens with two attached hydrogens (primary N) is 1. The van der Waals surface area contributed by atoms with Crippen LogP contribution in [-0.4, -0.2) is 50.9 Å². The number of fused-ring (bicyclic) bond motifs is 3. The van der Waals surface area contributed by atoms with Gasteiger partial charge in [0.05, 0.1) is 11.0 Å². The van der Waals surface area contributed by atoms with Crippen LogP contribution in [0.3, 0.4) is 0 Å². The molecule has 0 spiro atoms. The van der Waals surface area contributed by atoms with Gasteiger partial charge in [0.25, 0.3) is 0 Å². The lowest BCUT2D eigenvalue weighted by molar-refractivity contribution is 0.0666. The van der Waals surface area contributed by atoms with Gasteiger partial charge in [-0.05, 0) is 110 Å². The normalized spacial score (nSPS) is 15.5. The van der Waals surface area contributed by atoms with Crippen molar-refractivity contribution in [2.24, 2.45) is 5.92 Å². The number of hydrogen-bond acceptors (Lipinski definition) is 9. The molecule has 0 saturated carbocycles. The van der Waals surface area contributed by atoms with Gasteiger partial charge in [-0.1, -0.05) is 30.3 Å². The van der Waals surface area contributed by atoms with Gasteiger partial charge >= 0.3 is 0 Å². The highest BCUT2D eigenvalue weighted by atomic mass is 16.5. The van der Waals surface area contributed by atoms with Crippen LogP contribution in [0.2, 0.25) is 0 Å². The maximum absolute atomic E-state index is 6.27. The second-order valence-corrected chi connectivity index (χ2v) is 13.7. The van der Waals surface area contributed by atoms with E-state index in [-0.39, 0.29) is 0 Å². The summed E-state index contributed by atoms with van der Waals surface area (Å²) in [7, 11) is 0. The van der Waals surface area contributed by atoms with Gasteiger partial charge in [-0.25, -0.2) is 15.0 Å². The summed E-state index contributed by atoms with van der Waals surface area (Å²) in [4.78, 5) is 18.5. The third kappa shape index (κ3) is 6.91. The Bertz CT molecular complexity index is 2430. The zero-order chi connectivity index (χ0) is 35.6. The SMILES string of the molecule is Nc1cc(-c2nc3ccccc3o2)ccc1CC1CCOCC1.c1cncc(-c2nc3cc(-c4nc5ccccc5o4)ccc3n2C2CCOCC2)c1. The van der Waals surface area contributed by atoms with E-state index in [1.807, 2.05) is 66.9 Å². The fourth-order valence-corrected chi connectivity index (χ4v) is 7.41. The lowest BCUT2D eigenvalue weighted by Gasteiger charge is -2.25. The Morgan fingerprint density at radius 3 is 1.91 bits per heavy atom. The van der Waals surface area contributed by atoms with E-state index in [4.69, 9.17) is 29.0 Å². The van der Waals surface area contributed by atoms with Crippen molar-refractivity contribution >= 4 is 38.9 Å². The number of nitrogen functional groups attached to an aromatic ring is 1. The summed E-state index contributed by atoms with van der Waals surface area (Å²) < 4.78 is 25.2. The molecule has 4 aromatic carbocycles. The molecule has 0 atom stereocenters. The van der Waals surface area contributed by atoms with Gasteiger partial charge in [0.2, 0.25) is 11.8 Å². The minimum absolute atomic E-state index is 0.356. The number of imidazole rings is 1. The first-order valence-corrected chi connectivity index (χ1v) is 18.3. The molecular weight excluding hydrogens is 665 g/mol. The molecule has 10 nitrogen and oxygen atoms in total. The monoisotopic (exact) mass is 704 g/mol. The molecule has 10 rings (SSSR count). The molecule has 0 amide bonds. The van der Waals surface area contributed by atoms with Crippen molar-refractivity contribution in [3.05, 3.63) is 115 Å². The van der Waals surface area contributed by atoms with Crippen LogP contribution < -0.4 is 5.73 Å². The Hall–Kier alpha value is -5.84. The summed E-state index contributed by atoms with van der Waals surface area (Å²) in [6.45, 7) is 3.28. The van der Waals surface area contributed by atoms with Crippen LogP contribution in [0.25, 0.3) is 67.5 Å². The van der Waals surface area contributed by atoms with Gasteiger partial charge in [-0.3, -0.25) is 4.98 Å². The van der Waals surface area contributed by atoms with Crippen LogP contribution in [0.4, 0.5) is 5.69 Å². The van der Waals surface area contributed by atoms with E-state index in [0.717, 1.165) is 120 Å². The average Bonchev–Trinajstić information content (AvgIpc) is 3.95. The van der Waals surface area contributed by atoms with Gasteiger partial charge in [-0.15, -0.1) is 0 Å². The average molecular weight is 705 g/mol. The Morgan fingerprint density at radius 2 is 1.26 bits per heavy atom. The van der Waals surface area contributed by atoms with Crippen LogP contribution in [0.15, 0.2) is 118 Å². The topological polar surface area (TPSA) is 127 Å². The number of aromatic nitrogens is 5. The first-order valence-electron chi connectivity index (χ1n) is 18.3. The van der Waals surface area contributed by atoms with E-state index in [1.54, 1.807) is 6.20 Å². The fourth-order valence-electron chi connectivity index (χ4n) is 7.41. The quantitative estimate of drug-likeness (QED) is 0.169. The molecule has 0 radical (unpaired) electrons. The molecule has 6 heterocycles. The van der Waals surface area contributed by atoms with Crippen LogP contribution in [0, 0.1) is 5.92 Å². The van der Waals surface area contributed by atoms with Crippen molar-refractivity contribution in [3.63, 3.8) is 0 Å². The minimum atomic E-state index is 0.356. The van der Waals surface area contributed by atoms with Crippen LogP contribution in [0.1, 0.15) is 37.3 Å². The van der Waals surface area contributed by atoms with Gasteiger partial charge in [-0.2, -0.15) is 0 Å². The van der Waals surface area contributed by atoms with Crippen molar-refractivity contribution < 1.29 is 18.3 Å². The third-order valence-corrected chi connectivity index (χ3v) is 10.2. The molecule has 8 aromatic rings. The molecule has 0 unspecified atom stereocenters. The second kappa shape index (κ2) is 14.7. The predicted octanol–water partition coefficient (Wildman–Crippen LogP) is 9.30. The number of oxazole rings is 2. The predicted molar refractivity (Wildman–Crippen MR) is 206 cm³/mol. The van der Waals surface area contributed by atoms with Crippen molar-refractivity contribution in [1.82, 2.24) is 24.5 Å². The lowest BCUT2D eigenvalue weighted by Crippen LogP contribution is -2.20. The first kappa shape index (κ1) is 33.0. The summed E-state index contributed by atoms with van der Waals surface area (Å²) in [5.74, 6) is 2.85. The molecule has 2 fully saturated rings. The molecule has 2 aliphatic rings. The second-order valence-electron chi connectivity index (χ2n) is 13.7. The van der Waals surface area contributed by atoms with Crippen LogP contribution in [0.5, 0.6) is 0 Å². The minimum Gasteiger partial charge on any atom is -0.436 e. The van der Waals surface area contributed by atoms with Crippen molar-refractivity contribution in [2.75, 3.05) is 32.2 Å². The van der Waals surface area contributed by atoms with E-state index in [2.05, 4.69) is 55.9 Å². The summed E-state index contributed by atoms with van der Waals surface area (Å²) in [6, 6.07) is 32.4. The fraction of sp³-hybridized carbons (Fsp3) is 0.256. The molecule has 4 aromatic heterocycles. The maximum atomic E-state index is 6.27. The van der Waals surface area contributed by atoms with Crippen molar-refractivity contribution in [1.29, 1.82) is 0 Å². The molecule has 2 aliphatic heterocycles. The van der Waals surface area contributed by atoms with E-state index < -0.39 is 0 Å².